The standard InChI is InChI=1S/C25H30N4O4/c1-25(2,27-23(30)18-33-20-7-4-3-5-8-20)24(31)29-13-14-32-17-19(16-29)15-21-22-9-6-11-28(22)12-10-26-21/h3-12,19H,13-18H2,1-2H3,(H,27,30). The minimum Gasteiger partial charge on any atom is -0.484 e. The summed E-state index contributed by atoms with van der Waals surface area (Å²) in [5.74, 6) is 0.234. The number of para-hydroxylation sites is 1. The Bertz CT molecular complexity index is 1100. The summed E-state index contributed by atoms with van der Waals surface area (Å²) < 4.78 is 13.3. The normalized spacial score (nSPS) is 16.9. The fourth-order valence-corrected chi connectivity index (χ4v) is 4.15. The molecule has 1 unspecified atom stereocenters. The van der Waals surface area contributed by atoms with E-state index in [4.69, 9.17) is 9.47 Å². The molecular weight excluding hydrogens is 420 g/mol. The van der Waals surface area contributed by atoms with E-state index in [-0.39, 0.29) is 24.3 Å². The van der Waals surface area contributed by atoms with Gasteiger partial charge in [-0.3, -0.25) is 14.6 Å². The summed E-state index contributed by atoms with van der Waals surface area (Å²) in [6.07, 6.45) is 6.41. The molecule has 4 rings (SSSR count). The zero-order chi connectivity index (χ0) is 23.3. The van der Waals surface area contributed by atoms with E-state index in [1.165, 1.54) is 0 Å². The zero-order valence-corrected chi connectivity index (χ0v) is 19.1. The van der Waals surface area contributed by atoms with Crippen molar-refractivity contribution in [2.24, 2.45) is 5.92 Å². The lowest BCUT2D eigenvalue weighted by molar-refractivity contribution is -0.141. The highest BCUT2D eigenvalue weighted by molar-refractivity contribution is 5.91. The number of aromatic nitrogens is 2. The third-order valence-electron chi connectivity index (χ3n) is 5.74. The number of nitrogens with one attached hydrogen (secondary N) is 1. The maximum Gasteiger partial charge on any atom is 0.258 e. The summed E-state index contributed by atoms with van der Waals surface area (Å²) in [6, 6.07) is 13.2. The molecule has 0 aliphatic carbocycles. The zero-order valence-electron chi connectivity index (χ0n) is 19.1. The van der Waals surface area contributed by atoms with Crippen molar-refractivity contribution in [3.63, 3.8) is 0 Å². The minimum atomic E-state index is -1.06. The van der Waals surface area contributed by atoms with Crippen LogP contribution in [0.3, 0.4) is 0 Å². The van der Waals surface area contributed by atoms with E-state index in [9.17, 15) is 9.59 Å². The van der Waals surface area contributed by atoms with Crippen molar-refractivity contribution in [1.29, 1.82) is 0 Å². The first-order valence-corrected chi connectivity index (χ1v) is 11.2. The van der Waals surface area contributed by atoms with Gasteiger partial charge >= 0.3 is 0 Å². The fraction of sp³-hybridized carbons (Fsp3) is 0.400. The molecule has 8 nitrogen and oxygen atoms in total. The van der Waals surface area contributed by atoms with Gasteiger partial charge in [0.2, 0.25) is 5.91 Å². The molecular formula is C25H30N4O4. The highest BCUT2D eigenvalue weighted by Gasteiger charge is 2.35. The topological polar surface area (TPSA) is 85.2 Å². The molecule has 2 aromatic heterocycles. The Kier molecular flexibility index (Phi) is 6.93. The fourth-order valence-electron chi connectivity index (χ4n) is 4.15. The van der Waals surface area contributed by atoms with Crippen LogP contribution >= 0.6 is 0 Å². The van der Waals surface area contributed by atoms with Crippen molar-refractivity contribution in [3.8, 4) is 5.75 Å². The molecule has 1 saturated heterocycles. The number of carbonyl (C=O) groups excluding carboxylic acids is 2. The molecule has 8 heteroatoms. The average molecular weight is 451 g/mol. The van der Waals surface area contributed by atoms with E-state index in [1.54, 1.807) is 37.1 Å². The number of ether oxygens (including phenoxy) is 2. The number of rotatable bonds is 7. The summed E-state index contributed by atoms with van der Waals surface area (Å²) in [5, 5.41) is 2.82. The highest BCUT2D eigenvalue weighted by Crippen LogP contribution is 2.19. The van der Waals surface area contributed by atoms with Crippen LogP contribution in [0.4, 0.5) is 0 Å². The molecule has 1 aliphatic rings. The summed E-state index contributed by atoms with van der Waals surface area (Å²) in [4.78, 5) is 32.1. The molecule has 2 amide bonds. The Morgan fingerprint density at radius 1 is 1.18 bits per heavy atom. The smallest absolute Gasteiger partial charge is 0.258 e. The monoisotopic (exact) mass is 450 g/mol. The molecule has 0 spiro atoms. The first kappa shape index (κ1) is 22.8. The maximum absolute atomic E-state index is 13.3. The number of carbonyl (C=O) groups is 2. The van der Waals surface area contributed by atoms with Crippen molar-refractivity contribution in [2.75, 3.05) is 32.9 Å². The largest absolute Gasteiger partial charge is 0.484 e. The van der Waals surface area contributed by atoms with Crippen molar-refractivity contribution >= 4 is 17.3 Å². The van der Waals surface area contributed by atoms with Crippen molar-refractivity contribution in [2.45, 2.75) is 25.8 Å². The molecule has 0 bridgehead atoms. The van der Waals surface area contributed by atoms with Gasteiger partial charge in [0.15, 0.2) is 6.61 Å². The summed E-state index contributed by atoms with van der Waals surface area (Å²) in [5.41, 5.74) is 0.980. The van der Waals surface area contributed by atoms with Crippen LogP contribution in [0.15, 0.2) is 61.1 Å². The van der Waals surface area contributed by atoms with Gasteiger partial charge in [0, 0.05) is 37.6 Å². The lowest BCUT2D eigenvalue weighted by Crippen LogP contribution is -2.57. The molecule has 3 heterocycles. The second-order valence-electron chi connectivity index (χ2n) is 8.85. The molecule has 1 fully saturated rings. The van der Waals surface area contributed by atoms with Gasteiger partial charge in [-0.25, -0.2) is 0 Å². The van der Waals surface area contributed by atoms with E-state index in [0.717, 1.165) is 11.2 Å². The lowest BCUT2D eigenvalue weighted by atomic mass is 9.99. The van der Waals surface area contributed by atoms with Crippen molar-refractivity contribution in [3.05, 3.63) is 66.7 Å². The number of benzene rings is 1. The van der Waals surface area contributed by atoms with Gasteiger partial charge in [0.05, 0.1) is 24.4 Å². The Balaban J connectivity index is 1.37. The molecule has 1 N–H and O–H groups in total. The van der Waals surface area contributed by atoms with E-state index >= 15 is 0 Å². The van der Waals surface area contributed by atoms with Gasteiger partial charge in [-0.05, 0) is 44.5 Å². The number of nitrogens with zero attached hydrogens (tertiary/aromatic N) is 3. The third kappa shape index (κ3) is 5.70. The third-order valence-corrected chi connectivity index (χ3v) is 5.74. The quantitative estimate of drug-likeness (QED) is 0.597. The SMILES string of the molecule is CC(C)(NC(=O)COc1ccccc1)C(=O)N1CCOCC(Cc2nccn3cccc23)C1. The van der Waals surface area contributed by atoms with E-state index < -0.39 is 5.54 Å². The predicted octanol–water partition coefficient (Wildman–Crippen LogP) is 2.33. The number of fused-ring (bicyclic) bond motifs is 1. The van der Waals surface area contributed by atoms with E-state index in [0.29, 0.717) is 38.5 Å². The molecule has 33 heavy (non-hydrogen) atoms. The molecule has 174 valence electrons. The van der Waals surface area contributed by atoms with Gasteiger partial charge in [0.1, 0.15) is 11.3 Å². The van der Waals surface area contributed by atoms with E-state index in [1.807, 2.05) is 47.1 Å². The maximum atomic E-state index is 13.3. The second kappa shape index (κ2) is 10.0. The first-order chi connectivity index (χ1) is 15.9. The van der Waals surface area contributed by atoms with Crippen LogP contribution < -0.4 is 10.1 Å². The first-order valence-electron chi connectivity index (χ1n) is 11.2. The van der Waals surface area contributed by atoms with Crippen molar-refractivity contribution < 1.29 is 19.1 Å². The molecule has 1 aliphatic heterocycles. The number of hydrogen-bond donors (Lipinski definition) is 1. The number of amides is 2. The Labute approximate surface area is 193 Å². The molecule has 1 atom stereocenters. The van der Waals surface area contributed by atoms with E-state index in [2.05, 4.69) is 10.3 Å². The molecule has 0 saturated carbocycles. The van der Waals surface area contributed by atoms with Gasteiger partial charge in [-0.1, -0.05) is 18.2 Å². The molecule has 1 aromatic carbocycles. The van der Waals surface area contributed by atoms with Gasteiger partial charge < -0.3 is 24.1 Å². The average Bonchev–Trinajstić information content (AvgIpc) is 3.18. The predicted molar refractivity (Wildman–Crippen MR) is 124 cm³/mol. The van der Waals surface area contributed by atoms with Crippen molar-refractivity contribution in [1.82, 2.24) is 19.6 Å². The highest BCUT2D eigenvalue weighted by atomic mass is 16.5. The number of hydrogen-bond acceptors (Lipinski definition) is 5. The molecule has 0 radical (unpaired) electrons. The van der Waals surface area contributed by atoms with Gasteiger partial charge in [-0.2, -0.15) is 0 Å². The summed E-state index contributed by atoms with van der Waals surface area (Å²) in [7, 11) is 0. The summed E-state index contributed by atoms with van der Waals surface area (Å²) in [6.45, 7) is 5.34. The Hall–Kier alpha value is -3.39. The Morgan fingerprint density at radius 2 is 2.00 bits per heavy atom. The van der Waals surface area contributed by atoms with Gasteiger partial charge in [0.25, 0.3) is 5.91 Å². The Morgan fingerprint density at radius 3 is 2.82 bits per heavy atom. The van der Waals surface area contributed by atoms with Crippen LogP contribution in [0.2, 0.25) is 0 Å². The lowest BCUT2D eigenvalue weighted by Gasteiger charge is -2.33. The van der Waals surface area contributed by atoms with Crippen LogP contribution in [-0.2, 0) is 20.7 Å². The molecule has 3 aromatic rings. The second-order valence-corrected chi connectivity index (χ2v) is 8.85. The van der Waals surface area contributed by atoms with Gasteiger partial charge in [-0.15, -0.1) is 0 Å². The van der Waals surface area contributed by atoms with Crippen LogP contribution in [-0.4, -0.2) is 64.5 Å². The van der Waals surface area contributed by atoms with Crippen LogP contribution in [0, 0.1) is 5.92 Å². The van der Waals surface area contributed by atoms with Crippen LogP contribution in [0.25, 0.3) is 5.52 Å². The van der Waals surface area contributed by atoms with Crippen LogP contribution in [0.5, 0.6) is 5.75 Å². The summed E-state index contributed by atoms with van der Waals surface area (Å²) >= 11 is 0. The van der Waals surface area contributed by atoms with Crippen LogP contribution in [0.1, 0.15) is 19.5 Å². The minimum absolute atomic E-state index is 0.109.